The number of likely N-dealkylation sites (tertiary alicyclic amines) is 1. The normalized spacial score (nSPS) is 18.4. The van der Waals surface area contributed by atoms with E-state index in [1.54, 1.807) is 7.11 Å². The summed E-state index contributed by atoms with van der Waals surface area (Å²) in [6.45, 7) is 3.13. The molecule has 2 aromatic rings. The fraction of sp³-hybridized carbons (Fsp3) is 0.562. The van der Waals surface area contributed by atoms with Crippen molar-refractivity contribution in [1.82, 2.24) is 24.6 Å². The fourth-order valence-electron chi connectivity index (χ4n) is 3.08. The maximum absolute atomic E-state index is 13.0. The number of carbonyl (C=O) groups is 1. The second-order valence-corrected chi connectivity index (χ2v) is 6.00. The van der Waals surface area contributed by atoms with Gasteiger partial charge >= 0.3 is 0 Å². The Morgan fingerprint density at radius 1 is 1.43 bits per heavy atom. The van der Waals surface area contributed by atoms with Gasteiger partial charge in [-0.15, -0.1) is 0 Å². The van der Waals surface area contributed by atoms with E-state index in [9.17, 15) is 4.79 Å². The van der Waals surface area contributed by atoms with Crippen LogP contribution in [0.2, 0.25) is 0 Å². The summed E-state index contributed by atoms with van der Waals surface area (Å²) >= 11 is 0. The van der Waals surface area contributed by atoms with E-state index < -0.39 is 0 Å². The third-order valence-corrected chi connectivity index (χ3v) is 4.48. The highest BCUT2D eigenvalue weighted by atomic mass is 16.5. The van der Waals surface area contributed by atoms with Crippen molar-refractivity contribution in [2.24, 2.45) is 7.05 Å². The number of piperidine rings is 1. The smallest absolute Gasteiger partial charge is 0.271 e. The third-order valence-electron chi connectivity index (χ3n) is 4.48. The summed E-state index contributed by atoms with van der Waals surface area (Å²) in [5, 5.41) is 7.19. The highest BCUT2D eigenvalue weighted by Crippen LogP contribution is 2.30. The molecule has 1 aliphatic heterocycles. The zero-order valence-corrected chi connectivity index (χ0v) is 13.9. The van der Waals surface area contributed by atoms with Gasteiger partial charge in [0.25, 0.3) is 5.91 Å². The van der Waals surface area contributed by atoms with Crippen LogP contribution in [0.4, 0.5) is 0 Å². The molecule has 3 rings (SSSR count). The average molecular weight is 317 g/mol. The zero-order valence-electron chi connectivity index (χ0n) is 13.9. The predicted molar refractivity (Wildman–Crippen MR) is 84.9 cm³/mol. The van der Waals surface area contributed by atoms with Crippen molar-refractivity contribution in [3.63, 3.8) is 0 Å². The second-order valence-electron chi connectivity index (χ2n) is 6.00. The summed E-state index contributed by atoms with van der Waals surface area (Å²) < 4.78 is 7.01. The Bertz CT molecular complexity index is 690. The molecule has 1 saturated heterocycles. The molecular formula is C16H23N5O2. The van der Waals surface area contributed by atoms with Gasteiger partial charge in [-0.1, -0.05) is 0 Å². The summed E-state index contributed by atoms with van der Waals surface area (Å²) in [7, 11) is 3.54. The summed E-state index contributed by atoms with van der Waals surface area (Å²) in [5.74, 6) is 1.41. The molecule has 0 saturated carbocycles. The number of rotatable bonds is 4. The molecule has 7 heteroatoms. The third kappa shape index (κ3) is 3.01. The van der Waals surface area contributed by atoms with Gasteiger partial charge in [0, 0.05) is 26.4 Å². The first-order valence-electron chi connectivity index (χ1n) is 7.95. The molecule has 23 heavy (non-hydrogen) atoms. The minimum Gasteiger partial charge on any atom is -0.377 e. The van der Waals surface area contributed by atoms with E-state index in [-0.39, 0.29) is 11.9 Å². The topological polar surface area (TPSA) is 76.0 Å². The highest BCUT2D eigenvalue weighted by molar-refractivity contribution is 5.93. The van der Waals surface area contributed by atoms with Crippen molar-refractivity contribution in [3.05, 3.63) is 35.2 Å². The number of aryl methyl sites for hydroxylation is 1. The van der Waals surface area contributed by atoms with Gasteiger partial charge in [0.05, 0.1) is 6.04 Å². The Morgan fingerprint density at radius 3 is 2.96 bits per heavy atom. The fourth-order valence-corrected chi connectivity index (χ4v) is 3.08. The maximum Gasteiger partial charge on any atom is 0.271 e. The summed E-state index contributed by atoms with van der Waals surface area (Å²) in [6, 6.07) is 3.78. The van der Waals surface area contributed by atoms with Crippen molar-refractivity contribution >= 4 is 5.91 Å². The number of aromatic nitrogens is 4. The minimum atomic E-state index is -0.0756. The number of methoxy groups -OCH3 is 1. The number of ether oxygens (including phenoxy) is 1. The first-order chi connectivity index (χ1) is 11.1. The number of hydrogen-bond donors (Lipinski definition) is 1. The number of carbonyl (C=O) groups excluding carboxylic acids is 1. The van der Waals surface area contributed by atoms with Gasteiger partial charge in [-0.25, -0.2) is 4.98 Å². The summed E-state index contributed by atoms with van der Waals surface area (Å²) in [4.78, 5) is 19.4. The lowest BCUT2D eigenvalue weighted by molar-refractivity contribution is 0.0590. The molecule has 1 atom stereocenters. The number of amides is 1. The molecule has 1 amide bonds. The highest BCUT2D eigenvalue weighted by Gasteiger charge is 2.32. The molecule has 7 nitrogen and oxygen atoms in total. The molecule has 0 radical (unpaired) electrons. The molecular weight excluding hydrogens is 294 g/mol. The van der Waals surface area contributed by atoms with Gasteiger partial charge in [-0.2, -0.15) is 5.10 Å². The Morgan fingerprint density at radius 2 is 2.26 bits per heavy atom. The summed E-state index contributed by atoms with van der Waals surface area (Å²) in [5.41, 5.74) is 1.78. The molecule has 0 bridgehead atoms. The van der Waals surface area contributed by atoms with Crippen LogP contribution in [0.15, 0.2) is 12.1 Å². The molecule has 0 unspecified atom stereocenters. The monoisotopic (exact) mass is 317 g/mol. The van der Waals surface area contributed by atoms with Gasteiger partial charge in [-0.05, 0) is 38.3 Å². The molecule has 124 valence electrons. The molecule has 3 heterocycles. The second kappa shape index (κ2) is 6.54. The van der Waals surface area contributed by atoms with E-state index in [1.165, 1.54) is 0 Å². The minimum absolute atomic E-state index is 0.0448. The van der Waals surface area contributed by atoms with Gasteiger partial charge in [0.2, 0.25) is 0 Å². The molecule has 0 spiro atoms. The molecule has 0 aliphatic carbocycles. The number of aromatic amines is 1. The van der Waals surface area contributed by atoms with Crippen molar-refractivity contribution in [3.8, 4) is 0 Å². The van der Waals surface area contributed by atoms with Gasteiger partial charge < -0.3 is 14.2 Å². The van der Waals surface area contributed by atoms with Gasteiger partial charge in [0.15, 0.2) is 11.6 Å². The first-order valence-corrected chi connectivity index (χ1v) is 7.95. The molecule has 0 aromatic carbocycles. The van der Waals surface area contributed by atoms with Crippen molar-refractivity contribution < 1.29 is 9.53 Å². The van der Waals surface area contributed by atoms with Crippen LogP contribution >= 0.6 is 0 Å². The van der Waals surface area contributed by atoms with E-state index in [0.29, 0.717) is 23.9 Å². The molecule has 1 aliphatic rings. The average Bonchev–Trinajstić information content (AvgIpc) is 3.15. The van der Waals surface area contributed by atoms with E-state index in [1.807, 2.05) is 35.6 Å². The number of H-pyrrole nitrogens is 1. The van der Waals surface area contributed by atoms with E-state index in [4.69, 9.17) is 4.74 Å². The molecule has 1 N–H and O–H groups in total. The van der Waals surface area contributed by atoms with Crippen molar-refractivity contribution in [1.29, 1.82) is 0 Å². The Balaban J connectivity index is 1.86. The van der Waals surface area contributed by atoms with Crippen LogP contribution in [0.25, 0.3) is 0 Å². The molecule has 2 aromatic heterocycles. The Kier molecular flexibility index (Phi) is 4.47. The Labute approximate surface area is 135 Å². The van der Waals surface area contributed by atoms with E-state index in [2.05, 4.69) is 15.2 Å². The quantitative estimate of drug-likeness (QED) is 0.935. The van der Waals surface area contributed by atoms with Crippen LogP contribution in [0.3, 0.4) is 0 Å². The number of nitrogens with one attached hydrogen (secondary N) is 1. The number of hydrogen-bond acceptors (Lipinski definition) is 4. The van der Waals surface area contributed by atoms with E-state index >= 15 is 0 Å². The first kappa shape index (κ1) is 15.7. The zero-order chi connectivity index (χ0) is 16.4. The SMILES string of the molecule is COCc1nc([C@@H]2CCCCN2C(=O)c2ccc(C)n2C)n[nH]1. The lowest BCUT2D eigenvalue weighted by Gasteiger charge is -2.34. The van der Waals surface area contributed by atoms with Crippen LogP contribution in [-0.4, -0.2) is 44.2 Å². The summed E-state index contributed by atoms with van der Waals surface area (Å²) in [6.07, 6.45) is 2.98. The number of nitrogens with zero attached hydrogens (tertiary/aromatic N) is 4. The van der Waals surface area contributed by atoms with Crippen LogP contribution in [0, 0.1) is 6.92 Å². The predicted octanol–water partition coefficient (Wildman–Crippen LogP) is 1.97. The van der Waals surface area contributed by atoms with Crippen LogP contribution < -0.4 is 0 Å². The molecule has 1 fully saturated rings. The van der Waals surface area contributed by atoms with Gasteiger partial charge in [-0.3, -0.25) is 9.89 Å². The van der Waals surface area contributed by atoms with E-state index in [0.717, 1.165) is 31.5 Å². The van der Waals surface area contributed by atoms with Crippen LogP contribution in [0.5, 0.6) is 0 Å². The van der Waals surface area contributed by atoms with Crippen molar-refractivity contribution in [2.75, 3.05) is 13.7 Å². The largest absolute Gasteiger partial charge is 0.377 e. The Hall–Kier alpha value is -2.15. The van der Waals surface area contributed by atoms with Crippen molar-refractivity contribution in [2.45, 2.75) is 38.8 Å². The lowest BCUT2D eigenvalue weighted by Crippen LogP contribution is -2.39. The lowest BCUT2D eigenvalue weighted by atomic mass is 10.0. The maximum atomic E-state index is 13.0. The van der Waals surface area contributed by atoms with Crippen LogP contribution in [-0.2, 0) is 18.4 Å². The van der Waals surface area contributed by atoms with Gasteiger partial charge in [0.1, 0.15) is 12.3 Å². The standard InChI is InChI=1S/C16H23N5O2/c1-11-7-8-13(20(11)2)16(22)21-9-5-4-6-12(21)15-17-14(10-23-3)18-19-15/h7-8,12H,4-6,9-10H2,1-3H3,(H,17,18,19)/t12-/m0/s1. The van der Waals surface area contributed by atoms with Crippen LogP contribution in [0.1, 0.15) is 53.1 Å².